The van der Waals surface area contributed by atoms with Crippen LogP contribution in [0.15, 0.2) is 34.1 Å². The number of hydrogen-bond acceptors (Lipinski definition) is 5. The van der Waals surface area contributed by atoms with Crippen LogP contribution in [0.4, 0.5) is 0 Å². The van der Waals surface area contributed by atoms with Crippen LogP contribution >= 0.6 is 0 Å². The van der Waals surface area contributed by atoms with Gasteiger partial charge in [0.05, 0.1) is 0 Å². The average Bonchev–Trinajstić information content (AvgIpc) is 2.97. The van der Waals surface area contributed by atoms with Crippen molar-refractivity contribution in [1.29, 1.82) is 0 Å². The molecular formula is C12H16N2O6S2. The Bertz CT molecular complexity index is 788. The predicted molar refractivity (Wildman–Crippen MR) is 77.2 cm³/mol. The number of nitrogens with zero attached hydrogens (tertiary/aromatic N) is 1. The number of hydrogen-bond donors (Lipinski definition) is 2. The topological polar surface area (TPSA) is 121 Å². The van der Waals surface area contributed by atoms with Crippen molar-refractivity contribution in [3.63, 3.8) is 0 Å². The largest absolute Gasteiger partial charge is 0.480 e. The van der Waals surface area contributed by atoms with Crippen LogP contribution in [-0.4, -0.2) is 51.9 Å². The molecule has 0 aromatic heterocycles. The summed E-state index contributed by atoms with van der Waals surface area (Å²) in [6.45, 7) is 0.0488. The second-order valence-corrected chi connectivity index (χ2v) is 8.48. The molecule has 0 saturated carbocycles. The maximum absolute atomic E-state index is 12.7. The number of sulfonamides is 2. The molecule has 0 spiro atoms. The zero-order valence-electron chi connectivity index (χ0n) is 11.8. The van der Waals surface area contributed by atoms with Crippen LogP contribution in [-0.2, 0) is 24.8 Å². The van der Waals surface area contributed by atoms with Crippen molar-refractivity contribution in [3.05, 3.63) is 24.3 Å². The average molecular weight is 348 g/mol. The van der Waals surface area contributed by atoms with Gasteiger partial charge < -0.3 is 5.11 Å². The van der Waals surface area contributed by atoms with E-state index >= 15 is 0 Å². The van der Waals surface area contributed by atoms with E-state index in [1.807, 2.05) is 0 Å². The third kappa shape index (κ3) is 2.86. The number of carboxylic acid groups (broad SMARTS) is 1. The number of carboxylic acids is 1. The first-order valence-electron chi connectivity index (χ1n) is 6.49. The van der Waals surface area contributed by atoms with Crippen molar-refractivity contribution in [3.8, 4) is 0 Å². The van der Waals surface area contributed by atoms with Gasteiger partial charge in [-0.15, -0.1) is 0 Å². The van der Waals surface area contributed by atoms with Crippen LogP contribution < -0.4 is 4.72 Å². The van der Waals surface area contributed by atoms with Crippen molar-refractivity contribution >= 4 is 26.0 Å². The van der Waals surface area contributed by atoms with E-state index in [1.54, 1.807) is 0 Å². The summed E-state index contributed by atoms with van der Waals surface area (Å²) < 4.78 is 52.3. The first-order valence-corrected chi connectivity index (χ1v) is 9.41. The summed E-state index contributed by atoms with van der Waals surface area (Å²) in [5.41, 5.74) is 0. The Morgan fingerprint density at radius 1 is 1.23 bits per heavy atom. The minimum atomic E-state index is -4.22. The Morgan fingerprint density at radius 3 is 2.36 bits per heavy atom. The third-order valence-corrected chi connectivity index (χ3v) is 7.05. The van der Waals surface area contributed by atoms with Crippen LogP contribution in [0.5, 0.6) is 0 Å². The molecule has 1 aliphatic rings. The molecule has 1 fully saturated rings. The highest BCUT2D eigenvalue weighted by atomic mass is 32.2. The molecule has 2 N–H and O–H groups in total. The van der Waals surface area contributed by atoms with Crippen LogP contribution in [0.25, 0.3) is 0 Å². The number of aliphatic carboxylic acids is 1. The van der Waals surface area contributed by atoms with E-state index in [0.717, 1.165) is 10.4 Å². The molecule has 122 valence electrons. The van der Waals surface area contributed by atoms with Gasteiger partial charge >= 0.3 is 5.97 Å². The molecule has 0 bridgehead atoms. The second-order valence-electron chi connectivity index (χ2n) is 4.77. The molecule has 0 radical (unpaired) electrons. The summed E-state index contributed by atoms with van der Waals surface area (Å²) in [5, 5.41) is 9.13. The molecule has 8 nitrogen and oxygen atoms in total. The molecule has 1 atom stereocenters. The Hall–Kier alpha value is -1.49. The van der Waals surface area contributed by atoms with Gasteiger partial charge in [0, 0.05) is 6.54 Å². The smallest absolute Gasteiger partial charge is 0.322 e. The van der Waals surface area contributed by atoms with Gasteiger partial charge in [-0.05, 0) is 32.0 Å². The summed E-state index contributed by atoms with van der Waals surface area (Å²) >= 11 is 0. The molecule has 0 amide bonds. The summed E-state index contributed by atoms with van der Waals surface area (Å²) in [5.74, 6) is -1.24. The molecule has 22 heavy (non-hydrogen) atoms. The lowest BCUT2D eigenvalue weighted by Gasteiger charge is -2.22. The molecule has 1 aromatic carbocycles. The summed E-state index contributed by atoms with van der Waals surface area (Å²) in [6.07, 6.45) is 0.618. The van der Waals surface area contributed by atoms with Crippen LogP contribution in [0.2, 0.25) is 0 Å². The van der Waals surface area contributed by atoms with E-state index in [-0.39, 0.29) is 13.0 Å². The zero-order chi connectivity index (χ0) is 16.5. The highest BCUT2D eigenvalue weighted by molar-refractivity contribution is 7.92. The lowest BCUT2D eigenvalue weighted by molar-refractivity contribution is -0.140. The van der Waals surface area contributed by atoms with Gasteiger partial charge in [-0.3, -0.25) is 4.79 Å². The fourth-order valence-electron chi connectivity index (χ4n) is 2.40. The first kappa shape index (κ1) is 16.9. The van der Waals surface area contributed by atoms with Gasteiger partial charge in [-0.2, -0.15) is 4.31 Å². The maximum Gasteiger partial charge on any atom is 0.322 e. The molecule has 1 aliphatic heterocycles. The minimum Gasteiger partial charge on any atom is -0.480 e. The van der Waals surface area contributed by atoms with Crippen LogP contribution in [0.3, 0.4) is 0 Å². The summed E-state index contributed by atoms with van der Waals surface area (Å²) in [4.78, 5) is 10.4. The summed E-state index contributed by atoms with van der Waals surface area (Å²) in [6, 6.07) is 3.96. The van der Waals surface area contributed by atoms with Gasteiger partial charge in [0.1, 0.15) is 15.8 Å². The highest BCUT2D eigenvalue weighted by Gasteiger charge is 2.41. The Balaban J connectivity index is 2.59. The van der Waals surface area contributed by atoms with Crippen molar-refractivity contribution < 1.29 is 26.7 Å². The number of carbonyl (C=O) groups is 1. The van der Waals surface area contributed by atoms with Crippen molar-refractivity contribution in [2.24, 2.45) is 0 Å². The van der Waals surface area contributed by atoms with Gasteiger partial charge in [0.15, 0.2) is 0 Å². The predicted octanol–water partition coefficient (Wildman–Crippen LogP) is -0.168. The van der Waals surface area contributed by atoms with E-state index in [9.17, 15) is 21.6 Å². The molecule has 1 unspecified atom stereocenters. The van der Waals surface area contributed by atoms with E-state index in [1.165, 1.54) is 25.2 Å². The Kier molecular flexibility index (Phi) is 4.57. The SMILES string of the molecule is CNS(=O)(=O)c1ccccc1S(=O)(=O)N1CCCC1C(=O)O. The number of nitrogens with one attached hydrogen (secondary N) is 1. The van der Waals surface area contributed by atoms with Crippen molar-refractivity contribution in [2.75, 3.05) is 13.6 Å². The van der Waals surface area contributed by atoms with Gasteiger partial charge in [0.2, 0.25) is 20.0 Å². The monoisotopic (exact) mass is 348 g/mol. The number of rotatable bonds is 5. The maximum atomic E-state index is 12.7. The fourth-order valence-corrected chi connectivity index (χ4v) is 5.58. The van der Waals surface area contributed by atoms with Crippen molar-refractivity contribution in [1.82, 2.24) is 9.03 Å². The van der Waals surface area contributed by atoms with E-state index in [0.29, 0.717) is 6.42 Å². The molecular weight excluding hydrogens is 332 g/mol. The lowest BCUT2D eigenvalue weighted by atomic mass is 10.2. The molecule has 0 aliphatic carbocycles. The highest BCUT2D eigenvalue weighted by Crippen LogP contribution is 2.29. The quantitative estimate of drug-likeness (QED) is 0.762. The molecule has 2 rings (SSSR count). The van der Waals surface area contributed by atoms with Gasteiger partial charge in [0.25, 0.3) is 0 Å². The molecule has 1 saturated heterocycles. The third-order valence-electron chi connectivity index (χ3n) is 3.48. The summed E-state index contributed by atoms with van der Waals surface area (Å²) in [7, 11) is -7.03. The molecule has 10 heteroatoms. The Morgan fingerprint density at radius 2 is 1.82 bits per heavy atom. The first-order chi connectivity index (χ1) is 10.2. The second kappa shape index (κ2) is 5.95. The van der Waals surface area contributed by atoms with Crippen molar-refractivity contribution in [2.45, 2.75) is 28.7 Å². The van der Waals surface area contributed by atoms with E-state index in [4.69, 9.17) is 5.11 Å². The van der Waals surface area contributed by atoms with Gasteiger partial charge in [-0.1, -0.05) is 12.1 Å². The zero-order valence-corrected chi connectivity index (χ0v) is 13.4. The van der Waals surface area contributed by atoms with Gasteiger partial charge in [-0.25, -0.2) is 21.6 Å². The van der Waals surface area contributed by atoms with Crippen LogP contribution in [0.1, 0.15) is 12.8 Å². The Labute approximate surface area is 128 Å². The molecule has 1 heterocycles. The van der Waals surface area contributed by atoms with Crippen LogP contribution in [0, 0.1) is 0 Å². The minimum absolute atomic E-state index is 0.0488. The number of benzene rings is 1. The normalized spacial score (nSPS) is 20.1. The lowest BCUT2D eigenvalue weighted by Crippen LogP contribution is -2.41. The molecule has 1 aromatic rings. The fraction of sp³-hybridized carbons (Fsp3) is 0.417. The van der Waals surface area contributed by atoms with E-state index in [2.05, 4.69) is 4.72 Å². The standard InChI is InChI=1S/C12H16N2O6S2/c1-13-21(17,18)10-6-2-3-7-11(10)22(19,20)14-8-4-5-9(14)12(15)16/h2-3,6-7,9,13H,4-5,8H2,1H3,(H,15,16). The van der Waals surface area contributed by atoms with E-state index < -0.39 is 41.8 Å².